The van der Waals surface area contributed by atoms with E-state index in [-0.39, 0.29) is 11.8 Å². The molecule has 2 rings (SSSR count). The molecule has 1 saturated carbocycles. The number of nitrogens with two attached hydrogens (primary N) is 1. The Kier molecular flexibility index (Phi) is 8.07. The van der Waals surface area contributed by atoms with Crippen LogP contribution >= 0.6 is 0 Å². The van der Waals surface area contributed by atoms with Crippen LogP contribution in [0.25, 0.3) is 0 Å². The van der Waals surface area contributed by atoms with Gasteiger partial charge in [-0.3, -0.25) is 4.79 Å². The number of alkyl carbamates (subject to hydrolysis) is 1. The van der Waals surface area contributed by atoms with Crippen molar-refractivity contribution in [3.63, 3.8) is 0 Å². The number of aliphatic hydroxyl groups is 1. The molecule has 2 amide bonds. The molecular formula is C22H36N2O6. The van der Waals surface area contributed by atoms with Gasteiger partial charge in [-0.15, -0.1) is 0 Å². The predicted molar refractivity (Wildman–Crippen MR) is 113 cm³/mol. The second kappa shape index (κ2) is 9.94. The molecule has 1 aliphatic carbocycles. The van der Waals surface area contributed by atoms with Crippen molar-refractivity contribution in [2.75, 3.05) is 13.7 Å². The van der Waals surface area contributed by atoms with E-state index in [2.05, 4.69) is 11.9 Å². The summed E-state index contributed by atoms with van der Waals surface area (Å²) in [6.07, 6.45) is 1.05. The standard InChI is InChI=1S/C22H36N2O6/c1-12(2)7-8-15(25)14(5)17-19(28-6)16(9-10-22(17)11-29-22)30-21(27)24-18(13(3)4)20(23)26/h7,13,15-19,25H,5,8-11H2,1-4,6H3,(H2,23,26)(H,24,27)/t15?,16-,17?,18-,19-,22?/m1/s1. The molecule has 1 saturated heterocycles. The fourth-order valence-electron chi connectivity index (χ4n) is 4.17. The quantitative estimate of drug-likeness (QED) is 0.384. The molecule has 1 spiro atoms. The van der Waals surface area contributed by atoms with Crippen LogP contribution in [0.3, 0.4) is 0 Å². The van der Waals surface area contributed by atoms with Crippen LogP contribution in [0.2, 0.25) is 0 Å². The largest absolute Gasteiger partial charge is 0.443 e. The number of ether oxygens (including phenoxy) is 3. The summed E-state index contributed by atoms with van der Waals surface area (Å²) < 4.78 is 17.1. The molecule has 1 aliphatic heterocycles. The van der Waals surface area contributed by atoms with Gasteiger partial charge in [0.15, 0.2) is 0 Å². The topological polar surface area (TPSA) is 123 Å². The fourth-order valence-corrected chi connectivity index (χ4v) is 4.17. The van der Waals surface area contributed by atoms with Gasteiger partial charge >= 0.3 is 6.09 Å². The van der Waals surface area contributed by atoms with Gasteiger partial charge in [0.1, 0.15) is 23.9 Å². The maximum absolute atomic E-state index is 12.4. The van der Waals surface area contributed by atoms with E-state index >= 15 is 0 Å². The van der Waals surface area contributed by atoms with Gasteiger partial charge in [0.2, 0.25) is 5.91 Å². The minimum Gasteiger partial charge on any atom is -0.443 e. The molecule has 0 aromatic carbocycles. The van der Waals surface area contributed by atoms with Gasteiger partial charge in [-0.2, -0.15) is 0 Å². The summed E-state index contributed by atoms with van der Waals surface area (Å²) in [5.41, 5.74) is 6.65. The van der Waals surface area contributed by atoms with Gasteiger partial charge in [0, 0.05) is 13.0 Å². The summed E-state index contributed by atoms with van der Waals surface area (Å²) in [4.78, 5) is 24.0. The van der Waals surface area contributed by atoms with E-state index in [0.717, 1.165) is 5.57 Å². The van der Waals surface area contributed by atoms with E-state index in [1.807, 2.05) is 19.9 Å². The van der Waals surface area contributed by atoms with Crippen LogP contribution in [0.1, 0.15) is 47.0 Å². The number of primary amides is 1. The fraction of sp³-hybridized carbons (Fsp3) is 0.727. The van der Waals surface area contributed by atoms with Crippen molar-refractivity contribution in [2.24, 2.45) is 17.6 Å². The molecule has 3 unspecified atom stereocenters. The van der Waals surface area contributed by atoms with Gasteiger partial charge < -0.3 is 30.4 Å². The third-order valence-corrected chi connectivity index (χ3v) is 5.98. The zero-order valence-electron chi connectivity index (χ0n) is 18.6. The molecule has 0 radical (unpaired) electrons. The third kappa shape index (κ3) is 5.62. The van der Waals surface area contributed by atoms with Crippen LogP contribution in [0, 0.1) is 11.8 Å². The first-order valence-electron chi connectivity index (χ1n) is 10.5. The van der Waals surface area contributed by atoms with Crippen LogP contribution in [0.15, 0.2) is 23.8 Å². The summed E-state index contributed by atoms with van der Waals surface area (Å²) in [5, 5.41) is 13.2. The lowest BCUT2D eigenvalue weighted by molar-refractivity contribution is -0.121. The number of aliphatic hydroxyl groups excluding tert-OH is 1. The van der Waals surface area contributed by atoms with E-state index in [1.54, 1.807) is 21.0 Å². The lowest BCUT2D eigenvalue weighted by atomic mass is 9.70. The molecule has 8 heteroatoms. The highest BCUT2D eigenvalue weighted by atomic mass is 16.6. The molecule has 0 aromatic rings. The molecule has 0 aromatic heterocycles. The Balaban J connectivity index is 2.13. The maximum Gasteiger partial charge on any atom is 0.408 e. The highest BCUT2D eigenvalue weighted by molar-refractivity contribution is 5.84. The molecule has 2 aliphatic rings. The smallest absolute Gasteiger partial charge is 0.408 e. The van der Waals surface area contributed by atoms with E-state index in [4.69, 9.17) is 19.9 Å². The number of epoxide rings is 1. The van der Waals surface area contributed by atoms with E-state index < -0.39 is 42.0 Å². The molecule has 30 heavy (non-hydrogen) atoms. The van der Waals surface area contributed by atoms with Crippen molar-refractivity contribution in [1.29, 1.82) is 0 Å². The normalized spacial score (nSPS) is 29.8. The van der Waals surface area contributed by atoms with Crippen molar-refractivity contribution in [2.45, 2.75) is 76.9 Å². The number of allylic oxidation sites excluding steroid dienone is 1. The zero-order chi connectivity index (χ0) is 22.6. The van der Waals surface area contributed by atoms with Crippen LogP contribution in [0.5, 0.6) is 0 Å². The molecule has 170 valence electrons. The zero-order valence-corrected chi connectivity index (χ0v) is 18.6. The lowest BCUT2D eigenvalue weighted by Crippen LogP contribution is -2.54. The van der Waals surface area contributed by atoms with Crippen LogP contribution in [-0.2, 0) is 19.0 Å². The van der Waals surface area contributed by atoms with Gasteiger partial charge in [0.25, 0.3) is 0 Å². The Hall–Kier alpha value is -1.90. The summed E-state index contributed by atoms with van der Waals surface area (Å²) in [5.74, 6) is -1.10. The second-order valence-electron chi connectivity index (χ2n) is 8.89. The minimum atomic E-state index is -0.822. The summed E-state index contributed by atoms with van der Waals surface area (Å²) >= 11 is 0. The molecule has 8 nitrogen and oxygen atoms in total. The highest BCUT2D eigenvalue weighted by Crippen LogP contribution is 2.51. The highest BCUT2D eigenvalue weighted by Gasteiger charge is 2.60. The first-order valence-corrected chi connectivity index (χ1v) is 10.5. The van der Waals surface area contributed by atoms with Crippen molar-refractivity contribution in [3.8, 4) is 0 Å². The molecule has 1 heterocycles. The molecule has 0 bridgehead atoms. The average molecular weight is 425 g/mol. The van der Waals surface area contributed by atoms with E-state index in [0.29, 0.717) is 31.4 Å². The van der Waals surface area contributed by atoms with Crippen molar-refractivity contribution >= 4 is 12.0 Å². The number of nitrogens with one attached hydrogen (secondary N) is 1. The monoisotopic (exact) mass is 424 g/mol. The second-order valence-corrected chi connectivity index (χ2v) is 8.89. The van der Waals surface area contributed by atoms with Crippen LogP contribution < -0.4 is 11.1 Å². The number of carbonyl (C=O) groups is 2. The first-order chi connectivity index (χ1) is 14.0. The van der Waals surface area contributed by atoms with Crippen LogP contribution in [0.4, 0.5) is 4.79 Å². The average Bonchev–Trinajstić information content (AvgIpc) is 3.44. The summed E-state index contributed by atoms with van der Waals surface area (Å²) in [6, 6.07) is -0.822. The van der Waals surface area contributed by atoms with Crippen molar-refractivity contribution in [1.82, 2.24) is 5.32 Å². The maximum atomic E-state index is 12.4. The lowest BCUT2D eigenvalue weighted by Gasteiger charge is -2.42. The van der Waals surface area contributed by atoms with E-state index in [1.165, 1.54) is 0 Å². The Bertz CT molecular complexity index is 681. The number of amides is 2. The number of hydrogen-bond donors (Lipinski definition) is 3. The number of hydrogen-bond acceptors (Lipinski definition) is 6. The molecule has 4 N–H and O–H groups in total. The predicted octanol–water partition coefficient (Wildman–Crippen LogP) is 2.06. The van der Waals surface area contributed by atoms with Crippen LogP contribution in [-0.4, -0.2) is 60.8 Å². The summed E-state index contributed by atoms with van der Waals surface area (Å²) in [6.45, 7) is 12.2. The number of rotatable bonds is 9. The first kappa shape index (κ1) is 24.4. The molecule has 2 fully saturated rings. The Morgan fingerprint density at radius 3 is 2.50 bits per heavy atom. The molecular weight excluding hydrogens is 388 g/mol. The number of methoxy groups -OCH3 is 1. The third-order valence-electron chi connectivity index (χ3n) is 5.98. The summed E-state index contributed by atoms with van der Waals surface area (Å²) in [7, 11) is 1.55. The Labute approximate surface area is 178 Å². The van der Waals surface area contributed by atoms with Gasteiger partial charge in [0.05, 0.1) is 12.7 Å². The number of carbonyl (C=O) groups excluding carboxylic acids is 2. The van der Waals surface area contributed by atoms with Crippen molar-refractivity contribution in [3.05, 3.63) is 23.8 Å². The Morgan fingerprint density at radius 1 is 1.40 bits per heavy atom. The Morgan fingerprint density at radius 2 is 2.03 bits per heavy atom. The molecule has 6 atom stereocenters. The minimum absolute atomic E-state index is 0.166. The van der Waals surface area contributed by atoms with E-state index in [9.17, 15) is 14.7 Å². The van der Waals surface area contributed by atoms with Gasteiger partial charge in [-0.05, 0) is 44.6 Å². The van der Waals surface area contributed by atoms with Crippen molar-refractivity contribution < 1.29 is 28.9 Å². The van der Waals surface area contributed by atoms with Gasteiger partial charge in [-0.1, -0.05) is 32.1 Å². The van der Waals surface area contributed by atoms with Gasteiger partial charge in [-0.25, -0.2) is 4.79 Å². The SMILES string of the molecule is C=C(C(O)CC=C(C)C)C1[C@H](OC)[C@H](OC(=O)N[C@@H](C(N)=O)C(C)C)CCC12CO2.